The zero-order chi connectivity index (χ0) is 16.6. The number of thiophene rings is 1. The molecule has 0 saturated heterocycles. The normalized spacial score (nSPS) is 13.3. The molecule has 1 aromatic carbocycles. The van der Waals surface area contributed by atoms with E-state index in [0.29, 0.717) is 11.1 Å². The molecule has 3 rings (SSSR count). The minimum absolute atomic E-state index is 0.148. The maximum absolute atomic E-state index is 12.5. The molecule has 4 nitrogen and oxygen atoms in total. The molecular formula is C15H11F3N2O2S. The van der Waals surface area contributed by atoms with Crippen LogP contribution in [0.3, 0.4) is 0 Å². The predicted molar refractivity (Wildman–Crippen MR) is 77.9 cm³/mol. The maximum atomic E-state index is 12.5. The summed E-state index contributed by atoms with van der Waals surface area (Å²) in [4.78, 5) is 4.16. The van der Waals surface area contributed by atoms with Gasteiger partial charge in [0.1, 0.15) is 6.10 Å². The average Bonchev–Trinajstić information content (AvgIpc) is 3.15. The van der Waals surface area contributed by atoms with Crippen LogP contribution < -0.4 is 0 Å². The maximum Gasteiger partial charge on any atom is 0.471 e. The number of alkyl halides is 3. The Bertz CT molecular complexity index is 809. The molecule has 1 atom stereocenters. The van der Waals surface area contributed by atoms with Gasteiger partial charge in [0.25, 0.3) is 0 Å². The largest absolute Gasteiger partial charge is 0.471 e. The topological polar surface area (TPSA) is 59.2 Å². The Hall–Kier alpha value is -2.19. The minimum Gasteiger partial charge on any atom is -0.383 e. The second-order valence-electron chi connectivity index (χ2n) is 4.91. The summed E-state index contributed by atoms with van der Waals surface area (Å²) in [5.41, 5.74) is 2.00. The monoisotopic (exact) mass is 340 g/mol. The van der Waals surface area contributed by atoms with Crippen LogP contribution in [-0.4, -0.2) is 15.2 Å². The van der Waals surface area contributed by atoms with Crippen LogP contribution in [-0.2, 0) is 6.18 Å². The number of rotatable bonds is 3. The second-order valence-corrected chi connectivity index (χ2v) is 5.86. The molecular weight excluding hydrogens is 329 g/mol. The summed E-state index contributed by atoms with van der Waals surface area (Å²) in [7, 11) is 0. The van der Waals surface area contributed by atoms with Crippen LogP contribution in [0.1, 0.15) is 28.0 Å². The van der Waals surface area contributed by atoms with Crippen molar-refractivity contribution in [2.24, 2.45) is 0 Å². The highest BCUT2D eigenvalue weighted by Crippen LogP contribution is 2.32. The van der Waals surface area contributed by atoms with Gasteiger partial charge in [-0.25, -0.2) is 0 Å². The van der Waals surface area contributed by atoms with Crippen molar-refractivity contribution < 1.29 is 22.8 Å². The number of hydrogen-bond donors (Lipinski definition) is 1. The molecule has 0 aliphatic rings. The third kappa shape index (κ3) is 3.13. The Kier molecular flexibility index (Phi) is 3.95. The van der Waals surface area contributed by atoms with Crippen LogP contribution in [0.2, 0.25) is 0 Å². The molecule has 0 aliphatic heterocycles. The van der Waals surface area contributed by atoms with Crippen molar-refractivity contribution in [3.05, 3.63) is 57.6 Å². The Labute approximate surface area is 133 Å². The van der Waals surface area contributed by atoms with E-state index in [2.05, 4.69) is 14.7 Å². The van der Waals surface area contributed by atoms with Gasteiger partial charge in [0.2, 0.25) is 5.82 Å². The van der Waals surface area contributed by atoms with Gasteiger partial charge >= 0.3 is 12.1 Å². The first-order chi connectivity index (χ1) is 10.9. The van der Waals surface area contributed by atoms with E-state index >= 15 is 0 Å². The molecule has 1 N–H and O–H groups in total. The van der Waals surface area contributed by atoms with E-state index in [9.17, 15) is 18.3 Å². The molecule has 0 saturated carbocycles. The highest BCUT2D eigenvalue weighted by Gasteiger charge is 2.38. The standard InChI is InChI=1S/C15H11F3N2O2S/c1-8-6-7-23-12(8)11(21)9-2-4-10(5-3-9)13-19-14(22-20-13)15(16,17)18/h2-7,11,21H,1H3. The lowest BCUT2D eigenvalue weighted by Gasteiger charge is -2.10. The van der Waals surface area contributed by atoms with Crippen molar-refractivity contribution >= 4 is 11.3 Å². The van der Waals surface area contributed by atoms with Gasteiger partial charge in [-0.3, -0.25) is 0 Å². The highest BCUT2D eigenvalue weighted by atomic mass is 32.1. The molecule has 120 valence electrons. The summed E-state index contributed by atoms with van der Waals surface area (Å²) in [5, 5.41) is 15.6. The number of aliphatic hydroxyl groups is 1. The lowest BCUT2D eigenvalue weighted by molar-refractivity contribution is -0.159. The molecule has 2 heterocycles. The van der Waals surface area contributed by atoms with Crippen molar-refractivity contribution in [3.63, 3.8) is 0 Å². The van der Waals surface area contributed by atoms with Crippen molar-refractivity contribution in [2.75, 3.05) is 0 Å². The first-order valence-electron chi connectivity index (χ1n) is 6.59. The van der Waals surface area contributed by atoms with Gasteiger partial charge in [-0.2, -0.15) is 18.2 Å². The minimum atomic E-state index is -4.67. The fourth-order valence-electron chi connectivity index (χ4n) is 2.09. The number of hydrogen-bond acceptors (Lipinski definition) is 5. The molecule has 0 spiro atoms. The lowest BCUT2D eigenvalue weighted by atomic mass is 10.0. The van der Waals surface area contributed by atoms with E-state index in [-0.39, 0.29) is 5.82 Å². The summed E-state index contributed by atoms with van der Waals surface area (Å²) in [6, 6.07) is 8.26. The molecule has 0 bridgehead atoms. The van der Waals surface area contributed by atoms with Gasteiger partial charge in [0, 0.05) is 10.4 Å². The van der Waals surface area contributed by atoms with Crippen molar-refractivity contribution in [2.45, 2.75) is 19.2 Å². The van der Waals surface area contributed by atoms with Gasteiger partial charge in [-0.15, -0.1) is 11.3 Å². The van der Waals surface area contributed by atoms with Crippen molar-refractivity contribution in [3.8, 4) is 11.4 Å². The number of aryl methyl sites for hydroxylation is 1. The molecule has 2 aromatic heterocycles. The number of aliphatic hydroxyl groups excluding tert-OH is 1. The van der Waals surface area contributed by atoms with Crippen molar-refractivity contribution in [1.29, 1.82) is 0 Å². The fraction of sp³-hybridized carbons (Fsp3) is 0.200. The first-order valence-corrected chi connectivity index (χ1v) is 7.47. The Morgan fingerprint density at radius 3 is 2.39 bits per heavy atom. The highest BCUT2D eigenvalue weighted by molar-refractivity contribution is 7.10. The fourth-order valence-corrected chi connectivity index (χ4v) is 3.02. The summed E-state index contributed by atoms with van der Waals surface area (Å²) in [5.74, 6) is -1.53. The van der Waals surface area contributed by atoms with Gasteiger partial charge in [-0.05, 0) is 29.5 Å². The predicted octanol–water partition coefficient (Wildman–Crippen LogP) is 4.21. The summed E-state index contributed by atoms with van der Waals surface area (Å²) in [6.45, 7) is 1.90. The van der Waals surface area contributed by atoms with Crippen LogP contribution in [0.5, 0.6) is 0 Å². The lowest BCUT2D eigenvalue weighted by Crippen LogP contribution is -2.04. The molecule has 0 radical (unpaired) electrons. The number of halogens is 3. The van der Waals surface area contributed by atoms with Crippen LogP contribution in [0.4, 0.5) is 13.2 Å². The molecule has 0 fully saturated rings. The summed E-state index contributed by atoms with van der Waals surface area (Å²) >= 11 is 1.44. The van der Waals surface area contributed by atoms with Gasteiger partial charge in [0.05, 0.1) is 0 Å². The third-order valence-electron chi connectivity index (χ3n) is 3.30. The van der Waals surface area contributed by atoms with E-state index in [1.54, 1.807) is 24.3 Å². The quantitative estimate of drug-likeness (QED) is 0.776. The zero-order valence-corrected chi connectivity index (χ0v) is 12.6. The first kappa shape index (κ1) is 15.7. The van der Waals surface area contributed by atoms with E-state index in [1.165, 1.54) is 11.3 Å². The Balaban J connectivity index is 1.85. The molecule has 23 heavy (non-hydrogen) atoms. The smallest absolute Gasteiger partial charge is 0.383 e. The van der Waals surface area contributed by atoms with Crippen LogP contribution in [0, 0.1) is 6.92 Å². The zero-order valence-electron chi connectivity index (χ0n) is 11.8. The van der Waals surface area contributed by atoms with Crippen LogP contribution in [0.25, 0.3) is 11.4 Å². The van der Waals surface area contributed by atoms with Crippen LogP contribution in [0.15, 0.2) is 40.2 Å². The summed E-state index contributed by atoms with van der Waals surface area (Å²) in [6.07, 6.45) is -5.45. The Morgan fingerprint density at radius 1 is 1.17 bits per heavy atom. The average molecular weight is 340 g/mol. The van der Waals surface area contributed by atoms with Crippen LogP contribution >= 0.6 is 11.3 Å². The van der Waals surface area contributed by atoms with Gasteiger partial charge in [-0.1, -0.05) is 29.4 Å². The Morgan fingerprint density at radius 2 is 1.87 bits per heavy atom. The molecule has 0 aliphatic carbocycles. The molecule has 1 unspecified atom stereocenters. The van der Waals surface area contributed by atoms with Gasteiger partial charge < -0.3 is 9.63 Å². The molecule has 0 amide bonds. The van der Waals surface area contributed by atoms with Crippen molar-refractivity contribution in [1.82, 2.24) is 10.1 Å². The SMILES string of the molecule is Cc1ccsc1C(O)c1ccc(-c2noc(C(F)(F)F)n2)cc1. The van der Waals surface area contributed by atoms with E-state index in [4.69, 9.17) is 0 Å². The number of nitrogens with zero attached hydrogens (tertiary/aromatic N) is 2. The second kappa shape index (κ2) is 5.78. The van der Waals surface area contributed by atoms with E-state index in [0.717, 1.165) is 10.4 Å². The number of aromatic nitrogens is 2. The summed E-state index contributed by atoms with van der Waals surface area (Å²) < 4.78 is 41.6. The number of benzene rings is 1. The van der Waals surface area contributed by atoms with E-state index < -0.39 is 18.2 Å². The van der Waals surface area contributed by atoms with Gasteiger partial charge in [0.15, 0.2) is 0 Å². The molecule has 3 aromatic rings. The molecule has 8 heteroatoms. The third-order valence-corrected chi connectivity index (χ3v) is 4.37. The van der Waals surface area contributed by atoms with E-state index in [1.807, 2.05) is 18.4 Å².